The first-order valence-corrected chi connectivity index (χ1v) is 15.0. The van der Waals surface area contributed by atoms with Crippen LogP contribution in [0.25, 0.3) is 21.5 Å². The molecule has 0 aliphatic heterocycles. The Hall–Kier alpha value is -3.24. The van der Waals surface area contributed by atoms with E-state index in [-0.39, 0.29) is 5.41 Å². The van der Waals surface area contributed by atoms with Crippen molar-refractivity contribution < 1.29 is 5.11 Å². The third kappa shape index (κ3) is 4.81. The zero-order valence-electron chi connectivity index (χ0n) is 23.3. The van der Waals surface area contributed by atoms with Gasteiger partial charge in [0.05, 0.1) is 0 Å². The Morgan fingerprint density at radius 1 is 0.750 bits per heavy atom. The maximum atomic E-state index is 11.4. The Morgan fingerprint density at radius 2 is 1.50 bits per heavy atom. The monoisotopic (exact) mass is 589 g/mol. The number of hydrogen-bond acceptors (Lipinski definition) is 2. The fourth-order valence-electron chi connectivity index (χ4n) is 6.39. The van der Waals surface area contributed by atoms with Gasteiger partial charge in [-0.15, -0.1) is 0 Å². The standard InChI is InChI=1S/C19H20BrNO.C18H16/c1-18(2)9-10-19(22,14-5-3-13(12-21)4-6-14)17-11-15(20)7-8-16(17)18;1-3-7-15-13(5-1)9-11-18-16-8-4-2-6-14(16)10-12-17(15)18/h3-11,22H,12,21H2,1-2H3;1,3,5,7,9-12H,2,4,6,8H2. The van der Waals surface area contributed by atoms with Crippen molar-refractivity contribution in [2.24, 2.45) is 5.73 Å². The lowest BCUT2D eigenvalue weighted by molar-refractivity contribution is 0.128. The summed E-state index contributed by atoms with van der Waals surface area (Å²) in [6.07, 6.45) is 9.20. The number of halogens is 1. The molecule has 2 nitrogen and oxygen atoms in total. The van der Waals surface area contributed by atoms with E-state index >= 15 is 0 Å². The molecule has 3 N–H and O–H groups in total. The molecule has 0 bridgehead atoms. The van der Waals surface area contributed by atoms with Gasteiger partial charge in [-0.25, -0.2) is 0 Å². The number of nitrogens with two attached hydrogens (primary N) is 1. The van der Waals surface area contributed by atoms with Gasteiger partial charge in [0.25, 0.3) is 0 Å². The van der Waals surface area contributed by atoms with E-state index in [1.165, 1.54) is 47.2 Å². The summed E-state index contributed by atoms with van der Waals surface area (Å²) < 4.78 is 0.967. The third-order valence-corrected chi connectivity index (χ3v) is 9.21. The fourth-order valence-corrected chi connectivity index (χ4v) is 6.75. The number of allylic oxidation sites excluding steroid dienone is 1. The van der Waals surface area contributed by atoms with Gasteiger partial charge in [-0.3, -0.25) is 0 Å². The van der Waals surface area contributed by atoms with Crippen LogP contribution in [0.3, 0.4) is 0 Å². The number of aliphatic hydroxyl groups is 1. The second-order valence-electron chi connectivity index (χ2n) is 11.7. The molecule has 3 heteroatoms. The minimum atomic E-state index is -1.11. The smallest absolute Gasteiger partial charge is 0.134 e. The molecule has 5 aromatic carbocycles. The summed E-state index contributed by atoms with van der Waals surface area (Å²) in [7, 11) is 0. The number of hydrogen-bond donors (Lipinski definition) is 2. The molecule has 0 heterocycles. The minimum absolute atomic E-state index is 0.0978. The van der Waals surface area contributed by atoms with Gasteiger partial charge in [-0.05, 0) is 98.8 Å². The largest absolute Gasteiger partial charge is 0.377 e. The summed E-state index contributed by atoms with van der Waals surface area (Å²) in [6, 6.07) is 31.9. The molecule has 0 fully saturated rings. The highest BCUT2D eigenvalue weighted by atomic mass is 79.9. The van der Waals surface area contributed by atoms with Crippen LogP contribution >= 0.6 is 15.9 Å². The van der Waals surface area contributed by atoms with Crippen LogP contribution < -0.4 is 5.73 Å². The summed E-state index contributed by atoms with van der Waals surface area (Å²) in [6.45, 7) is 4.82. The highest BCUT2D eigenvalue weighted by Crippen LogP contribution is 2.44. The summed E-state index contributed by atoms with van der Waals surface area (Å²) >= 11 is 3.52. The van der Waals surface area contributed by atoms with Gasteiger partial charge >= 0.3 is 0 Å². The quantitative estimate of drug-likeness (QED) is 0.159. The maximum Gasteiger partial charge on any atom is 0.134 e. The minimum Gasteiger partial charge on any atom is -0.377 e. The van der Waals surface area contributed by atoms with Crippen molar-refractivity contribution in [1.29, 1.82) is 0 Å². The van der Waals surface area contributed by atoms with Gasteiger partial charge < -0.3 is 10.8 Å². The number of benzene rings is 5. The highest BCUT2D eigenvalue weighted by Gasteiger charge is 2.38. The van der Waals surface area contributed by atoms with Crippen molar-refractivity contribution in [3.63, 3.8) is 0 Å². The van der Waals surface area contributed by atoms with Gasteiger partial charge in [0.1, 0.15) is 5.60 Å². The number of rotatable bonds is 2. The van der Waals surface area contributed by atoms with E-state index < -0.39 is 5.60 Å². The summed E-state index contributed by atoms with van der Waals surface area (Å²) in [5.41, 5.74) is 11.6. The van der Waals surface area contributed by atoms with Gasteiger partial charge in [-0.1, -0.05) is 115 Å². The molecule has 2 aliphatic carbocycles. The Labute approximate surface area is 245 Å². The van der Waals surface area contributed by atoms with Crippen molar-refractivity contribution in [3.05, 3.63) is 141 Å². The zero-order valence-corrected chi connectivity index (χ0v) is 24.8. The van der Waals surface area contributed by atoms with E-state index in [0.29, 0.717) is 6.54 Å². The van der Waals surface area contributed by atoms with Crippen molar-refractivity contribution >= 4 is 37.5 Å². The van der Waals surface area contributed by atoms with Crippen molar-refractivity contribution in [1.82, 2.24) is 0 Å². The summed E-state index contributed by atoms with van der Waals surface area (Å²) in [5, 5.41) is 17.0. The molecule has 2 aliphatic rings. The number of aryl methyl sites for hydroxylation is 2. The first kappa shape index (κ1) is 27.0. The fraction of sp³-hybridized carbons (Fsp3) is 0.243. The lowest BCUT2D eigenvalue weighted by Gasteiger charge is -2.38. The van der Waals surface area contributed by atoms with E-state index in [1.54, 1.807) is 11.1 Å². The van der Waals surface area contributed by atoms with E-state index in [1.807, 2.05) is 42.5 Å². The van der Waals surface area contributed by atoms with E-state index in [0.717, 1.165) is 26.7 Å². The van der Waals surface area contributed by atoms with Crippen molar-refractivity contribution in [2.45, 2.75) is 57.1 Å². The van der Waals surface area contributed by atoms with Crippen LogP contribution in [0, 0.1) is 0 Å². The topological polar surface area (TPSA) is 46.2 Å². The second-order valence-corrected chi connectivity index (χ2v) is 12.6. The highest BCUT2D eigenvalue weighted by molar-refractivity contribution is 9.10. The first-order chi connectivity index (χ1) is 19.3. The zero-order chi connectivity index (χ0) is 27.9. The average Bonchev–Trinajstić information content (AvgIpc) is 2.99. The van der Waals surface area contributed by atoms with Crippen LogP contribution in [-0.4, -0.2) is 5.11 Å². The molecule has 7 rings (SSSR count). The molecule has 0 spiro atoms. The molecule has 0 saturated carbocycles. The maximum absolute atomic E-state index is 11.4. The van der Waals surface area contributed by atoms with Gasteiger partial charge in [0.15, 0.2) is 0 Å². The van der Waals surface area contributed by atoms with Crippen LogP contribution in [0.5, 0.6) is 0 Å². The van der Waals surface area contributed by atoms with E-state index in [4.69, 9.17) is 5.73 Å². The molecule has 0 saturated heterocycles. The first-order valence-electron chi connectivity index (χ1n) is 14.3. The molecule has 202 valence electrons. The third-order valence-electron chi connectivity index (χ3n) is 8.71. The lowest BCUT2D eigenvalue weighted by Crippen LogP contribution is -2.34. The summed E-state index contributed by atoms with van der Waals surface area (Å²) in [5.74, 6) is 0. The predicted molar refractivity (Wildman–Crippen MR) is 172 cm³/mol. The van der Waals surface area contributed by atoms with Gasteiger partial charge in [0, 0.05) is 16.4 Å². The van der Waals surface area contributed by atoms with Crippen LogP contribution in [0.15, 0.2) is 108 Å². The molecular weight excluding hydrogens is 554 g/mol. The molecule has 0 aromatic heterocycles. The van der Waals surface area contributed by atoms with Crippen molar-refractivity contribution in [3.8, 4) is 0 Å². The summed E-state index contributed by atoms with van der Waals surface area (Å²) in [4.78, 5) is 0. The van der Waals surface area contributed by atoms with Crippen LogP contribution in [0.1, 0.15) is 60.1 Å². The second kappa shape index (κ2) is 10.6. The van der Waals surface area contributed by atoms with E-state index in [9.17, 15) is 5.11 Å². The molecule has 5 aromatic rings. The van der Waals surface area contributed by atoms with Gasteiger partial charge in [0.2, 0.25) is 0 Å². The van der Waals surface area contributed by atoms with Crippen LogP contribution in [-0.2, 0) is 30.4 Å². The molecular formula is C37H36BrNO. The Balaban J connectivity index is 0.000000147. The Morgan fingerprint density at radius 3 is 2.30 bits per heavy atom. The van der Waals surface area contributed by atoms with E-state index in [2.05, 4.69) is 90.5 Å². The molecule has 0 radical (unpaired) electrons. The molecule has 40 heavy (non-hydrogen) atoms. The molecule has 1 atom stereocenters. The average molecular weight is 591 g/mol. The Bertz CT molecular complexity index is 1730. The molecule has 1 unspecified atom stereocenters. The lowest BCUT2D eigenvalue weighted by atomic mass is 9.70. The SMILES string of the molecule is CC1(C)C=CC(O)(c2ccc(CN)cc2)c2cc(Br)ccc21.c1ccc2c(c1)ccc1c3c(ccc12)CCCC3. The molecule has 0 amide bonds. The van der Waals surface area contributed by atoms with Gasteiger partial charge in [-0.2, -0.15) is 0 Å². The normalized spacial score (nSPS) is 19.0. The van der Waals surface area contributed by atoms with Crippen molar-refractivity contribution in [2.75, 3.05) is 0 Å². The number of fused-ring (bicyclic) bond motifs is 6. The van der Waals surface area contributed by atoms with Crippen LogP contribution in [0.2, 0.25) is 0 Å². The van der Waals surface area contributed by atoms with Crippen LogP contribution in [0.4, 0.5) is 0 Å². The predicted octanol–water partition coefficient (Wildman–Crippen LogP) is 8.86. The Kier molecular flexibility index (Phi) is 7.16.